The number of aromatic nitrogens is 3. The summed E-state index contributed by atoms with van der Waals surface area (Å²) in [6.45, 7) is 0. The van der Waals surface area contributed by atoms with Gasteiger partial charge in [0.2, 0.25) is 5.82 Å². The van der Waals surface area contributed by atoms with Crippen molar-refractivity contribution in [3.8, 4) is 17.3 Å². The fourth-order valence-corrected chi connectivity index (χ4v) is 2.49. The van der Waals surface area contributed by atoms with Crippen LogP contribution < -0.4 is 0 Å². The summed E-state index contributed by atoms with van der Waals surface area (Å²) >= 11 is 0. The number of hydrogen-bond donors (Lipinski definition) is 1. The largest absolute Gasteiger partial charge is 0.506 e. The first-order valence-corrected chi connectivity index (χ1v) is 6.28. The summed E-state index contributed by atoms with van der Waals surface area (Å²) in [6.07, 6.45) is 5.38. The van der Waals surface area contributed by atoms with Crippen molar-refractivity contribution in [3.63, 3.8) is 0 Å². The second-order valence-electron chi connectivity index (χ2n) is 4.73. The van der Waals surface area contributed by atoms with E-state index in [9.17, 15) is 5.11 Å². The first kappa shape index (κ1) is 12.1. The van der Waals surface area contributed by atoms with E-state index in [0.717, 1.165) is 25.7 Å². The Balaban J connectivity index is 1.92. The van der Waals surface area contributed by atoms with Gasteiger partial charge in [-0.25, -0.2) is 4.98 Å². The minimum atomic E-state index is -0.418. The van der Waals surface area contributed by atoms with Crippen LogP contribution in [0.5, 0.6) is 5.75 Å². The number of methoxy groups -OCH3 is 1. The normalized spacial score (nSPS) is 17.7. The average Bonchev–Trinajstić information content (AvgIpc) is 3.09. The number of rotatable bonds is 3. The molecule has 6 heteroatoms. The molecule has 1 fully saturated rings. The fourth-order valence-electron chi connectivity index (χ4n) is 2.49. The first-order chi connectivity index (χ1) is 9.23. The van der Waals surface area contributed by atoms with Crippen LogP contribution in [-0.4, -0.2) is 27.3 Å². The molecule has 2 aromatic heterocycles. The maximum Gasteiger partial charge on any atom is 0.276 e. The molecule has 1 saturated carbocycles. The highest BCUT2D eigenvalue weighted by Crippen LogP contribution is 2.40. The van der Waals surface area contributed by atoms with Gasteiger partial charge in [-0.1, -0.05) is 5.16 Å². The van der Waals surface area contributed by atoms with Crippen LogP contribution in [0.4, 0.5) is 0 Å². The van der Waals surface area contributed by atoms with Crippen LogP contribution >= 0.6 is 0 Å². The van der Waals surface area contributed by atoms with Crippen LogP contribution in [0.25, 0.3) is 11.6 Å². The van der Waals surface area contributed by atoms with Gasteiger partial charge in [0.1, 0.15) is 17.0 Å². The molecule has 0 spiro atoms. The van der Waals surface area contributed by atoms with Crippen molar-refractivity contribution in [2.75, 3.05) is 7.11 Å². The third kappa shape index (κ3) is 2.08. The third-order valence-corrected chi connectivity index (χ3v) is 3.60. The fraction of sp³-hybridized carbons (Fsp3) is 0.462. The van der Waals surface area contributed by atoms with Gasteiger partial charge in [0.05, 0.1) is 6.20 Å². The monoisotopic (exact) mass is 261 g/mol. The molecule has 0 aromatic carbocycles. The molecule has 2 heterocycles. The van der Waals surface area contributed by atoms with Crippen molar-refractivity contribution in [3.05, 3.63) is 24.2 Å². The molecule has 0 aliphatic heterocycles. The average molecular weight is 261 g/mol. The number of pyridine rings is 1. The summed E-state index contributed by atoms with van der Waals surface area (Å²) in [7, 11) is 1.68. The van der Waals surface area contributed by atoms with Crippen LogP contribution in [0, 0.1) is 0 Å². The maximum absolute atomic E-state index is 9.21. The molecule has 0 bridgehead atoms. The zero-order valence-electron chi connectivity index (χ0n) is 10.7. The van der Waals surface area contributed by atoms with Crippen molar-refractivity contribution in [1.82, 2.24) is 15.1 Å². The van der Waals surface area contributed by atoms with Gasteiger partial charge in [-0.05, 0) is 37.8 Å². The molecule has 0 amide bonds. The summed E-state index contributed by atoms with van der Waals surface area (Å²) in [5, 5.41) is 13.2. The number of ether oxygens (including phenoxy) is 1. The van der Waals surface area contributed by atoms with E-state index >= 15 is 0 Å². The lowest BCUT2D eigenvalue weighted by molar-refractivity contribution is -0.0178. The summed E-state index contributed by atoms with van der Waals surface area (Å²) in [5.41, 5.74) is 0.124. The summed E-state index contributed by atoms with van der Waals surface area (Å²) in [4.78, 5) is 8.44. The lowest BCUT2D eigenvalue weighted by Gasteiger charge is -2.22. The predicted molar refractivity (Wildman–Crippen MR) is 66.3 cm³/mol. The van der Waals surface area contributed by atoms with Gasteiger partial charge in [0, 0.05) is 7.11 Å². The Morgan fingerprint density at radius 2 is 2.11 bits per heavy atom. The van der Waals surface area contributed by atoms with Crippen molar-refractivity contribution in [1.29, 1.82) is 0 Å². The molecule has 19 heavy (non-hydrogen) atoms. The first-order valence-electron chi connectivity index (χ1n) is 6.28. The number of hydrogen-bond acceptors (Lipinski definition) is 6. The van der Waals surface area contributed by atoms with Crippen LogP contribution in [0.2, 0.25) is 0 Å². The SMILES string of the molecule is COC1(c2noc(-c3ccc(O)cn3)n2)CCCC1. The maximum atomic E-state index is 9.21. The van der Waals surface area contributed by atoms with Crippen molar-refractivity contribution >= 4 is 0 Å². The zero-order chi connectivity index (χ0) is 13.3. The van der Waals surface area contributed by atoms with E-state index in [4.69, 9.17) is 9.26 Å². The minimum absolute atomic E-state index is 0.104. The van der Waals surface area contributed by atoms with E-state index in [1.54, 1.807) is 13.2 Å². The summed E-state index contributed by atoms with van der Waals surface area (Å²) < 4.78 is 10.9. The molecule has 2 aromatic rings. The standard InChI is InChI=1S/C13H15N3O3/c1-18-13(6-2-3-7-13)12-15-11(19-16-12)10-5-4-9(17)8-14-10/h4-5,8,17H,2-3,6-7H2,1H3. The zero-order valence-corrected chi connectivity index (χ0v) is 10.7. The molecule has 0 unspecified atom stereocenters. The van der Waals surface area contributed by atoms with Gasteiger partial charge in [0.25, 0.3) is 5.89 Å². The van der Waals surface area contributed by atoms with Gasteiger partial charge in [-0.15, -0.1) is 0 Å². The lowest BCUT2D eigenvalue weighted by Crippen LogP contribution is -2.25. The molecule has 100 valence electrons. The van der Waals surface area contributed by atoms with Gasteiger partial charge in [-0.3, -0.25) is 0 Å². The van der Waals surface area contributed by atoms with Crippen molar-refractivity contribution in [2.24, 2.45) is 0 Å². The molecule has 0 saturated heterocycles. The number of nitrogens with zero attached hydrogens (tertiary/aromatic N) is 3. The molecule has 6 nitrogen and oxygen atoms in total. The van der Waals surface area contributed by atoms with Crippen molar-refractivity contribution in [2.45, 2.75) is 31.3 Å². The van der Waals surface area contributed by atoms with Crippen LogP contribution in [0.1, 0.15) is 31.5 Å². The van der Waals surface area contributed by atoms with E-state index < -0.39 is 5.60 Å². The minimum Gasteiger partial charge on any atom is -0.506 e. The number of aromatic hydroxyl groups is 1. The lowest BCUT2D eigenvalue weighted by atomic mass is 10.0. The molecule has 1 N–H and O–H groups in total. The highest BCUT2D eigenvalue weighted by molar-refractivity contribution is 5.47. The predicted octanol–water partition coefficient (Wildman–Crippen LogP) is 2.25. The van der Waals surface area contributed by atoms with Gasteiger partial charge >= 0.3 is 0 Å². The van der Waals surface area contributed by atoms with E-state index in [1.807, 2.05) is 0 Å². The van der Waals surface area contributed by atoms with E-state index in [-0.39, 0.29) is 5.75 Å². The summed E-state index contributed by atoms with van der Waals surface area (Å²) in [5.74, 6) is 1.03. The van der Waals surface area contributed by atoms with Crippen LogP contribution in [0.15, 0.2) is 22.9 Å². The Bertz CT molecular complexity index is 559. The quantitative estimate of drug-likeness (QED) is 0.912. The molecule has 3 rings (SSSR count). The van der Waals surface area contributed by atoms with Gasteiger partial charge in [-0.2, -0.15) is 4.98 Å². The molecule has 1 aliphatic rings. The molecule has 0 radical (unpaired) electrons. The Morgan fingerprint density at radius 3 is 2.74 bits per heavy atom. The second kappa shape index (κ2) is 4.62. The van der Waals surface area contributed by atoms with Gasteiger partial charge < -0.3 is 14.4 Å². The Kier molecular flexibility index (Phi) is 2.94. The summed E-state index contributed by atoms with van der Waals surface area (Å²) in [6, 6.07) is 3.18. The van der Waals surface area contributed by atoms with E-state index in [0.29, 0.717) is 17.4 Å². The topological polar surface area (TPSA) is 81.3 Å². The smallest absolute Gasteiger partial charge is 0.276 e. The van der Waals surface area contributed by atoms with Gasteiger partial charge in [0.15, 0.2) is 0 Å². The second-order valence-corrected chi connectivity index (χ2v) is 4.73. The highest BCUT2D eigenvalue weighted by Gasteiger charge is 2.40. The van der Waals surface area contributed by atoms with Crippen molar-refractivity contribution < 1.29 is 14.4 Å². The van der Waals surface area contributed by atoms with E-state index in [1.165, 1.54) is 12.3 Å². The van der Waals surface area contributed by atoms with Crippen LogP contribution in [0.3, 0.4) is 0 Å². The Hall–Kier alpha value is -1.95. The molecule has 0 atom stereocenters. The molecule has 1 aliphatic carbocycles. The van der Waals surface area contributed by atoms with E-state index in [2.05, 4.69) is 15.1 Å². The Labute approximate surface area is 110 Å². The molecular formula is C13H15N3O3. The van der Waals surface area contributed by atoms with Crippen LogP contribution in [-0.2, 0) is 10.3 Å². The third-order valence-electron chi connectivity index (χ3n) is 3.60. The Morgan fingerprint density at radius 1 is 1.32 bits per heavy atom. The molecular weight excluding hydrogens is 246 g/mol. The highest BCUT2D eigenvalue weighted by atomic mass is 16.5.